The van der Waals surface area contributed by atoms with Gasteiger partial charge in [-0.3, -0.25) is 19.2 Å². The normalized spacial score (nSPS) is 13.2. The molecule has 4 amide bonds. The van der Waals surface area contributed by atoms with Gasteiger partial charge in [0.1, 0.15) is 22.5 Å². The van der Waals surface area contributed by atoms with Crippen molar-refractivity contribution in [3.05, 3.63) is 162 Å². The van der Waals surface area contributed by atoms with Gasteiger partial charge in [-0.1, -0.05) is 78.9 Å². The van der Waals surface area contributed by atoms with Crippen molar-refractivity contribution in [2.75, 3.05) is 17.4 Å². The van der Waals surface area contributed by atoms with Gasteiger partial charge in [0.25, 0.3) is 17.7 Å². The van der Waals surface area contributed by atoms with E-state index in [0.717, 1.165) is 10.5 Å². The molecule has 1 aliphatic heterocycles. The van der Waals surface area contributed by atoms with Crippen molar-refractivity contribution in [2.45, 2.75) is 16.6 Å². The zero-order valence-electron chi connectivity index (χ0n) is 27.5. The summed E-state index contributed by atoms with van der Waals surface area (Å²) in [6.45, 7) is 0. The molecular formula is C40H33N5O5S. The second-order valence-corrected chi connectivity index (χ2v) is 12.5. The predicted octanol–water partition coefficient (Wildman–Crippen LogP) is 6.80. The Morgan fingerprint density at radius 3 is 2.06 bits per heavy atom. The van der Waals surface area contributed by atoms with Crippen LogP contribution in [0, 0.1) is 0 Å². The first kappa shape index (κ1) is 34.4. The minimum absolute atomic E-state index is 0.0259. The summed E-state index contributed by atoms with van der Waals surface area (Å²) in [5.74, 6) is -0.580. The lowest BCUT2D eigenvalue weighted by Crippen LogP contribution is -2.33. The molecule has 0 fully saturated rings. The maximum atomic E-state index is 13.7. The molecule has 1 unspecified atom stereocenters. The highest BCUT2D eigenvalue weighted by Crippen LogP contribution is 2.36. The number of methoxy groups -OCH3 is 1. The molecule has 0 aliphatic carbocycles. The fourth-order valence-electron chi connectivity index (χ4n) is 5.14. The van der Waals surface area contributed by atoms with Crippen molar-refractivity contribution in [2.24, 2.45) is 5.10 Å². The Hall–Kier alpha value is -6.46. The zero-order chi connectivity index (χ0) is 35.6. The van der Waals surface area contributed by atoms with Crippen LogP contribution in [0.4, 0.5) is 11.4 Å². The van der Waals surface area contributed by atoms with E-state index in [-0.39, 0.29) is 29.8 Å². The maximum absolute atomic E-state index is 13.7. The SMILES string of the molecule is COc1ccc(/C=C(\NC(=O)c2ccccc2)C(=O)Nc2ccc(SC(C(=O)NC3=NN(c4ccccc4)C(=O)C3)c3ccccc3)cc2)cc1. The number of carbonyl (C=O) groups excluding carboxylic acids is 4. The van der Waals surface area contributed by atoms with Gasteiger partial charge in [-0.05, 0) is 77.9 Å². The number of nitrogens with zero attached hydrogens (tertiary/aromatic N) is 2. The van der Waals surface area contributed by atoms with E-state index < -0.39 is 17.1 Å². The highest BCUT2D eigenvalue weighted by Gasteiger charge is 2.29. The van der Waals surface area contributed by atoms with Crippen LogP contribution in [0.3, 0.4) is 0 Å². The van der Waals surface area contributed by atoms with E-state index >= 15 is 0 Å². The molecule has 10 nitrogen and oxygen atoms in total. The summed E-state index contributed by atoms with van der Waals surface area (Å²) in [6, 6.07) is 41.1. The van der Waals surface area contributed by atoms with Gasteiger partial charge < -0.3 is 20.7 Å². The summed E-state index contributed by atoms with van der Waals surface area (Å²) < 4.78 is 5.23. The number of nitrogens with one attached hydrogen (secondary N) is 3. The van der Waals surface area contributed by atoms with Gasteiger partial charge in [0.05, 0.1) is 19.2 Å². The monoisotopic (exact) mass is 695 g/mol. The fourth-order valence-corrected chi connectivity index (χ4v) is 6.16. The summed E-state index contributed by atoms with van der Waals surface area (Å²) >= 11 is 1.32. The maximum Gasteiger partial charge on any atom is 0.272 e. The molecule has 6 rings (SSSR count). The largest absolute Gasteiger partial charge is 0.497 e. The van der Waals surface area contributed by atoms with Crippen molar-refractivity contribution >= 4 is 58.7 Å². The Morgan fingerprint density at radius 2 is 1.41 bits per heavy atom. The first-order valence-electron chi connectivity index (χ1n) is 16.0. The van der Waals surface area contributed by atoms with Gasteiger partial charge in [0, 0.05) is 16.1 Å². The number of rotatable bonds is 11. The predicted molar refractivity (Wildman–Crippen MR) is 199 cm³/mol. The standard InChI is InChI=1S/C40H33N5O5S/c1-50-32-21-17-27(18-22-32)25-34(42-38(47)29-13-7-3-8-14-29)39(48)41-30-19-23-33(24-20-30)51-37(28-11-5-2-6-12-28)40(49)43-35-26-36(46)45(44-35)31-15-9-4-10-16-31/h2-25,37H,26H2,1H3,(H,41,48)(H,42,47)(H,43,44,49)/b34-25-. The number of ether oxygens (including phenoxy) is 1. The van der Waals surface area contributed by atoms with Gasteiger partial charge in [-0.15, -0.1) is 11.8 Å². The van der Waals surface area contributed by atoms with Crippen molar-refractivity contribution in [1.82, 2.24) is 10.6 Å². The van der Waals surface area contributed by atoms with Crippen LogP contribution in [-0.4, -0.2) is 36.6 Å². The van der Waals surface area contributed by atoms with Crippen molar-refractivity contribution in [3.8, 4) is 5.75 Å². The summed E-state index contributed by atoms with van der Waals surface area (Å²) in [6.07, 6.45) is 1.56. The van der Waals surface area contributed by atoms with Crippen LogP contribution in [0.1, 0.15) is 33.2 Å². The van der Waals surface area contributed by atoms with Crippen LogP contribution in [0.2, 0.25) is 0 Å². The Balaban J connectivity index is 1.17. The second kappa shape index (κ2) is 16.3. The van der Waals surface area contributed by atoms with Gasteiger partial charge in [0.2, 0.25) is 5.91 Å². The van der Waals surface area contributed by atoms with Crippen LogP contribution < -0.4 is 25.7 Å². The molecule has 0 saturated heterocycles. The van der Waals surface area contributed by atoms with Gasteiger partial charge in [-0.2, -0.15) is 10.1 Å². The number of hydrogen-bond acceptors (Lipinski definition) is 7. The van der Waals surface area contributed by atoms with E-state index in [1.165, 1.54) is 16.8 Å². The summed E-state index contributed by atoms with van der Waals surface area (Å²) in [5.41, 5.74) is 3.02. The Kier molecular flexibility index (Phi) is 11.0. The first-order chi connectivity index (χ1) is 24.9. The molecule has 5 aromatic carbocycles. The molecule has 3 N–H and O–H groups in total. The third kappa shape index (κ3) is 8.97. The first-order valence-corrected chi connectivity index (χ1v) is 16.9. The van der Waals surface area contributed by atoms with Gasteiger partial charge >= 0.3 is 0 Å². The zero-order valence-corrected chi connectivity index (χ0v) is 28.3. The van der Waals surface area contributed by atoms with Crippen LogP contribution in [0.15, 0.2) is 155 Å². The smallest absolute Gasteiger partial charge is 0.272 e. The van der Waals surface area contributed by atoms with Crippen LogP contribution in [0.5, 0.6) is 5.75 Å². The molecule has 0 radical (unpaired) electrons. The summed E-state index contributed by atoms with van der Waals surface area (Å²) in [4.78, 5) is 53.7. The van der Waals surface area contributed by atoms with E-state index in [0.29, 0.717) is 28.3 Å². The summed E-state index contributed by atoms with van der Waals surface area (Å²) in [5, 5.41) is 13.4. The quantitative estimate of drug-likeness (QED) is 0.103. The average molecular weight is 696 g/mol. The van der Waals surface area contributed by atoms with E-state index in [2.05, 4.69) is 21.1 Å². The highest BCUT2D eigenvalue weighted by atomic mass is 32.2. The Labute approximate surface area is 299 Å². The molecule has 0 saturated carbocycles. The Bertz CT molecular complexity index is 2070. The lowest BCUT2D eigenvalue weighted by molar-refractivity contribution is -0.119. The molecule has 0 aromatic heterocycles. The van der Waals surface area contributed by atoms with E-state index in [1.54, 1.807) is 104 Å². The number of para-hydroxylation sites is 1. The fraction of sp³-hybridized carbons (Fsp3) is 0.0750. The van der Waals surface area contributed by atoms with Crippen LogP contribution in [0.25, 0.3) is 6.08 Å². The van der Waals surface area contributed by atoms with E-state index in [1.807, 2.05) is 48.5 Å². The third-order valence-corrected chi connectivity index (χ3v) is 8.97. The van der Waals surface area contributed by atoms with E-state index in [9.17, 15) is 19.2 Å². The lowest BCUT2D eigenvalue weighted by atomic mass is 10.1. The molecule has 11 heteroatoms. The molecule has 0 spiro atoms. The third-order valence-electron chi connectivity index (χ3n) is 7.71. The number of anilines is 2. The molecular weight excluding hydrogens is 663 g/mol. The van der Waals surface area contributed by atoms with Crippen LogP contribution >= 0.6 is 11.8 Å². The highest BCUT2D eigenvalue weighted by molar-refractivity contribution is 8.00. The molecule has 1 aliphatic rings. The number of amidine groups is 1. The molecule has 1 atom stereocenters. The number of hydrogen-bond donors (Lipinski definition) is 3. The lowest BCUT2D eigenvalue weighted by Gasteiger charge is -2.17. The minimum atomic E-state index is -0.664. The molecule has 5 aromatic rings. The Morgan fingerprint density at radius 1 is 0.784 bits per heavy atom. The van der Waals surface area contributed by atoms with Gasteiger partial charge in [0.15, 0.2) is 0 Å². The molecule has 0 bridgehead atoms. The summed E-state index contributed by atoms with van der Waals surface area (Å²) in [7, 11) is 1.57. The molecule has 254 valence electrons. The number of thioether (sulfide) groups is 1. The number of benzene rings is 5. The topological polar surface area (TPSA) is 129 Å². The minimum Gasteiger partial charge on any atom is -0.497 e. The second-order valence-electron chi connectivity index (χ2n) is 11.3. The number of amides is 4. The van der Waals surface area contributed by atoms with Gasteiger partial charge in [-0.25, -0.2) is 0 Å². The van der Waals surface area contributed by atoms with Crippen LogP contribution in [-0.2, 0) is 14.4 Å². The van der Waals surface area contributed by atoms with Crippen molar-refractivity contribution in [3.63, 3.8) is 0 Å². The number of hydrazone groups is 1. The van der Waals surface area contributed by atoms with Crippen molar-refractivity contribution in [1.29, 1.82) is 0 Å². The molecule has 51 heavy (non-hydrogen) atoms. The molecule has 1 heterocycles. The average Bonchev–Trinajstić information content (AvgIpc) is 3.54. The van der Waals surface area contributed by atoms with Crippen molar-refractivity contribution < 1.29 is 23.9 Å². The number of carbonyl (C=O) groups is 4. The van der Waals surface area contributed by atoms with E-state index in [4.69, 9.17) is 4.74 Å².